The van der Waals surface area contributed by atoms with E-state index >= 15 is 0 Å². The van der Waals surface area contributed by atoms with Crippen LogP contribution in [0.15, 0.2) is 66.7 Å². The molecule has 0 radical (unpaired) electrons. The third-order valence-electron chi connectivity index (χ3n) is 9.37. The van der Waals surface area contributed by atoms with Crippen LogP contribution < -0.4 is 15.5 Å². The molecule has 236 valence electrons. The molecule has 4 aromatic rings. The fourth-order valence-corrected chi connectivity index (χ4v) is 6.85. The number of hydrogen-bond acceptors (Lipinski definition) is 8. The summed E-state index contributed by atoms with van der Waals surface area (Å²) in [5.74, 6) is -1.00. The van der Waals surface area contributed by atoms with Crippen LogP contribution in [0.5, 0.6) is 0 Å². The van der Waals surface area contributed by atoms with Crippen LogP contribution in [0.2, 0.25) is 0 Å². The normalized spacial score (nSPS) is 16.8. The van der Waals surface area contributed by atoms with Gasteiger partial charge in [0.15, 0.2) is 0 Å². The van der Waals surface area contributed by atoms with Crippen molar-refractivity contribution in [2.75, 3.05) is 77.4 Å². The summed E-state index contributed by atoms with van der Waals surface area (Å²) < 4.78 is 0. The molecule has 0 unspecified atom stereocenters. The summed E-state index contributed by atoms with van der Waals surface area (Å²) in [6.07, 6.45) is 0.808. The van der Waals surface area contributed by atoms with E-state index in [0.717, 1.165) is 59.8 Å². The molecule has 10 nitrogen and oxygen atoms in total. The number of nitrogens with zero attached hydrogens (tertiary/aromatic N) is 4. The van der Waals surface area contributed by atoms with E-state index in [1.807, 2.05) is 48.5 Å². The lowest BCUT2D eigenvalue weighted by Gasteiger charge is -2.35. The molecule has 3 aliphatic rings. The van der Waals surface area contributed by atoms with Crippen molar-refractivity contribution in [1.82, 2.24) is 25.3 Å². The van der Waals surface area contributed by atoms with E-state index in [1.54, 1.807) is 12.1 Å². The van der Waals surface area contributed by atoms with Crippen LogP contribution >= 0.6 is 0 Å². The number of carbonyl (C=O) groups excluding carboxylic acids is 4. The maximum absolute atomic E-state index is 13.6. The van der Waals surface area contributed by atoms with Gasteiger partial charge in [0.25, 0.3) is 23.6 Å². The zero-order valence-corrected chi connectivity index (χ0v) is 26.1. The minimum absolute atomic E-state index is 0.242. The largest absolute Gasteiger partial charge is 0.369 e. The lowest BCUT2D eigenvalue weighted by atomic mass is 9.93. The maximum Gasteiger partial charge on any atom is 0.261 e. The second-order valence-electron chi connectivity index (χ2n) is 12.3. The van der Waals surface area contributed by atoms with Crippen molar-refractivity contribution in [3.8, 4) is 0 Å². The molecule has 0 spiro atoms. The predicted octanol–water partition coefficient (Wildman–Crippen LogP) is 3.21. The lowest BCUT2D eigenvalue weighted by molar-refractivity contribution is 0.0597. The fraction of sp³-hybridized carbons (Fsp3) is 0.333. The summed E-state index contributed by atoms with van der Waals surface area (Å²) in [7, 11) is 2.12. The number of anilines is 1. The maximum atomic E-state index is 13.6. The molecule has 46 heavy (non-hydrogen) atoms. The number of imide groups is 2. The van der Waals surface area contributed by atoms with E-state index in [0.29, 0.717) is 55.0 Å². The first-order chi connectivity index (χ1) is 22.4. The summed E-state index contributed by atoms with van der Waals surface area (Å²) in [5.41, 5.74) is 3.33. The van der Waals surface area contributed by atoms with Gasteiger partial charge in [-0.1, -0.05) is 36.4 Å². The van der Waals surface area contributed by atoms with Crippen LogP contribution in [0.4, 0.5) is 5.69 Å². The van der Waals surface area contributed by atoms with Crippen LogP contribution in [0.1, 0.15) is 47.9 Å². The topological polar surface area (TPSA) is 105 Å². The van der Waals surface area contributed by atoms with Crippen LogP contribution in [0.25, 0.3) is 21.5 Å². The Hall–Kier alpha value is -4.64. The second kappa shape index (κ2) is 12.6. The summed E-state index contributed by atoms with van der Waals surface area (Å²) in [5, 5.41) is 9.98. The van der Waals surface area contributed by atoms with Crippen LogP contribution in [0, 0.1) is 0 Å². The second-order valence-corrected chi connectivity index (χ2v) is 12.3. The third kappa shape index (κ3) is 5.42. The highest BCUT2D eigenvalue weighted by Gasteiger charge is 2.34. The van der Waals surface area contributed by atoms with Crippen molar-refractivity contribution in [3.05, 3.63) is 89.0 Å². The van der Waals surface area contributed by atoms with Gasteiger partial charge in [0.2, 0.25) is 0 Å². The van der Waals surface area contributed by atoms with Gasteiger partial charge < -0.3 is 20.4 Å². The van der Waals surface area contributed by atoms with Gasteiger partial charge >= 0.3 is 0 Å². The summed E-state index contributed by atoms with van der Waals surface area (Å²) in [6.45, 7) is 6.69. The molecule has 1 fully saturated rings. The van der Waals surface area contributed by atoms with Gasteiger partial charge in [-0.15, -0.1) is 0 Å². The predicted molar refractivity (Wildman–Crippen MR) is 179 cm³/mol. The number of rotatable bonds is 11. The average molecular weight is 619 g/mol. The Labute approximate surface area is 267 Å². The summed E-state index contributed by atoms with van der Waals surface area (Å²) in [4.78, 5) is 60.4. The van der Waals surface area contributed by atoms with Crippen LogP contribution in [-0.4, -0.2) is 111 Å². The van der Waals surface area contributed by atoms with Crippen molar-refractivity contribution in [2.45, 2.75) is 6.42 Å². The van der Waals surface area contributed by atoms with E-state index in [4.69, 9.17) is 0 Å². The number of likely N-dealkylation sites (N-methyl/N-ethyl adjacent to an activating group) is 1. The van der Waals surface area contributed by atoms with Gasteiger partial charge in [-0.25, -0.2) is 0 Å². The molecule has 0 atom stereocenters. The van der Waals surface area contributed by atoms with Gasteiger partial charge in [0.1, 0.15) is 0 Å². The number of carbonyl (C=O) groups is 4. The first kappa shape index (κ1) is 30.0. The highest BCUT2D eigenvalue weighted by molar-refractivity contribution is 6.26. The molecule has 3 heterocycles. The minimum Gasteiger partial charge on any atom is -0.369 e. The van der Waals surface area contributed by atoms with Gasteiger partial charge in [0, 0.05) is 85.5 Å². The highest BCUT2D eigenvalue weighted by Crippen LogP contribution is 2.34. The zero-order valence-electron chi connectivity index (χ0n) is 26.1. The van der Waals surface area contributed by atoms with Gasteiger partial charge in [-0.05, 0) is 67.7 Å². The molecule has 3 aliphatic heterocycles. The molecule has 7 rings (SSSR count). The number of nitrogens with one attached hydrogen (secondary N) is 2. The van der Waals surface area contributed by atoms with Crippen LogP contribution in [-0.2, 0) is 0 Å². The van der Waals surface area contributed by atoms with Gasteiger partial charge in [0.05, 0.1) is 5.56 Å². The Morgan fingerprint density at radius 1 is 0.565 bits per heavy atom. The third-order valence-corrected chi connectivity index (χ3v) is 9.37. The number of piperazine rings is 1. The average Bonchev–Trinajstić information content (AvgIpc) is 3.07. The summed E-state index contributed by atoms with van der Waals surface area (Å²) >= 11 is 0. The standard InChI is InChI=1S/C36H38N6O4/c1-39-18-20-40(21-19-39)26-22-25-8-4-11-29-32(25)30(23-26)36(46)42(35(29)45)17-15-38-13-5-12-37-14-16-41-33(43)27-9-2-6-24-7-3-10-28(31(24)27)34(41)44/h2-4,6-11,22-23,37-38H,5,12-21H2,1H3. The SMILES string of the molecule is CN1CCN(c2cc3c4c(cccc4c2)C(=O)N(CCNCCCNCCN2C(=O)c4cccc5cccc(c45)C2=O)C3=O)CC1. The van der Waals surface area contributed by atoms with E-state index in [1.165, 1.54) is 9.80 Å². The van der Waals surface area contributed by atoms with Crippen molar-refractivity contribution >= 4 is 50.9 Å². The quantitative estimate of drug-likeness (QED) is 0.195. The molecule has 2 N–H and O–H groups in total. The smallest absolute Gasteiger partial charge is 0.261 e. The molecule has 1 saturated heterocycles. The van der Waals surface area contributed by atoms with Crippen molar-refractivity contribution < 1.29 is 19.2 Å². The van der Waals surface area contributed by atoms with Crippen molar-refractivity contribution in [2.24, 2.45) is 0 Å². The van der Waals surface area contributed by atoms with Crippen molar-refractivity contribution in [3.63, 3.8) is 0 Å². The Kier molecular flexibility index (Phi) is 8.25. The van der Waals surface area contributed by atoms with Gasteiger partial charge in [-0.3, -0.25) is 29.0 Å². The van der Waals surface area contributed by atoms with E-state index in [-0.39, 0.29) is 30.2 Å². The fourth-order valence-electron chi connectivity index (χ4n) is 6.85. The lowest BCUT2D eigenvalue weighted by Crippen LogP contribution is -2.45. The highest BCUT2D eigenvalue weighted by atomic mass is 16.2. The molecule has 0 saturated carbocycles. The summed E-state index contributed by atoms with van der Waals surface area (Å²) in [6, 6.07) is 20.8. The number of benzene rings is 4. The molecule has 0 aliphatic carbocycles. The molecule has 0 bridgehead atoms. The van der Waals surface area contributed by atoms with E-state index in [2.05, 4.69) is 33.5 Å². The monoisotopic (exact) mass is 618 g/mol. The molecule has 4 aromatic carbocycles. The Morgan fingerprint density at radius 3 is 1.59 bits per heavy atom. The minimum atomic E-state index is -0.256. The van der Waals surface area contributed by atoms with Crippen LogP contribution in [0.3, 0.4) is 0 Å². The van der Waals surface area contributed by atoms with Gasteiger partial charge in [-0.2, -0.15) is 0 Å². The first-order valence-electron chi connectivity index (χ1n) is 16.1. The number of amides is 4. The van der Waals surface area contributed by atoms with Crippen molar-refractivity contribution in [1.29, 1.82) is 0 Å². The number of hydrogen-bond donors (Lipinski definition) is 2. The van der Waals surface area contributed by atoms with E-state index in [9.17, 15) is 19.2 Å². The molecule has 0 aromatic heterocycles. The Morgan fingerprint density at radius 2 is 1.04 bits per heavy atom. The van der Waals surface area contributed by atoms with E-state index < -0.39 is 0 Å². The zero-order chi connectivity index (χ0) is 31.8. The molecule has 4 amide bonds. The molecular weight excluding hydrogens is 580 g/mol. The first-order valence-corrected chi connectivity index (χ1v) is 16.1. The molecule has 10 heteroatoms. The Bertz CT molecular complexity index is 1810. The molecular formula is C36H38N6O4. The Balaban J connectivity index is 0.884.